The Hall–Kier alpha value is -2.09. The lowest BCUT2D eigenvalue weighted by atomic mass is 10.2. The van der Waals surface area contributed by atoms with Crippen LogP contribution in [0.3, 0.4) is 0 Å². The third-order valence-corrected chi connectivity index (χ3v) is 2.45. The fraction of sp³-hybridized carbons (Fsp3) is 0.133. The summed E-state index contributed by atoms with van der Waals surface area (Å²) in [4.78, 5) is 11.5. The predicted octanol–water partition coefficient (Wildman–Crippen LogP) is 2.67. The molecule has 0 saturated carbocycles. The van der Waals surface area contributed by atoms with Gasteiger partial charge in [0.1, 0.15) is 0 Å². The van der Waals surface area contributed by atoms with Crippen LogP contribution in [0, 0.1) is 0 Å². The molecule has 0 atom stereocenters. The average molecular weight is 226 g/mol. The monoisotopic (exact) mass is 226 g/mol. The third-order valence-electron chi connectivity index (χ3n) is 2.45. The highest BCUT2D eigenvalue weighted by molar-refractivity contribution is 5.20. The van der Waals surface area contributed by atoms with Gasteiger partial charge in [-0.25, -0.2) is 0 Å². The van der Waals surface area contributed by atoms with Crippen LogP contribution in [0.15, 0.2) is 65.5 Å². The topological polar surface area (TPSA) is 26.3 Å². The van der Waals surface area contributed by atoms with Gasteiger partial charge in [-0.15, -0.1) is 0 Å². The van der Waals surface area contributed by atoms with Crippen LogP contribution in [-0.4, -0.2) is 6.61 Å². The smallest absolute Gasteiger partial charge is 0.220 e. The maximum absolute atomic E-state index is 11.5. The van der Waals surface area contributed by atoms with Gasteiger partial charge in [0, 0.05) is 6.42 Å². The summed E-state index contributed by atoms with van der Waals surface area (Å²) in [6, 6.07) is 18.6. The standard InChI is InChI=1S/C15H14O2/c16-14-9-5-2-6-10-15(14)17-12-11-13-7-3-1-4-8-13/h1-10H,11-12H2. The van der Waals surface area contributed by atoms with Crippen molar-refractivity contribution in [3.05, 3.63) is 76.5 Å². The zero-order valence-electron chi connectivity index (χ0n) is 9.50. The van der Waals surface area contributed by atoms with Crippen LogP contribution in [0.25, 0.3) is 0 Å². The van der Waals surface area contributed by atoms with E-state index in [0.717, 1.165) is 6.42 Å². The maximum atomic E-state index is 11.5. The van der Waals surface area contributed by atoms with E-state index in [2.05, 4.69) is 0 Å². The molecule has 2 aromatic carbocycles. The lowest BCUT2D eigenvalue weighted by Gasteiger charge is -2.03. The van der Waals surface area contributed by atoms with Crippen LogP contribution in [0.1, 0.15) is 5.56 Å². The molecule has 0 aliphatic heterocycles. The van der Waals surface area contributed by atoms with Gasteiger partial charge in [-0.1, -0.05) is 48.5 Å². The van der Waals surface area contributed by atoms with E-state index >= 15 is 0 Å². The van der Waals surface area contributed by atoms with E-state index in [1.807, 2.05) is 36.4 Å². The van der Waals surface area contributed by atoms with Crippen molar-refractivity contribution in [1.82, 2.24) is 0 Å². The summed E-state index contributed by atoms with van der Waals surface area (Å²) in [5.74, 6) is 0.408. The zero-order chi connectivity index (χ0) is 11.9. The van der Waals surface area contributed by atoms with E-state index < -0.39 is 0 Å². The van der Waals surface area contributed by atoms with Gasteiger partial charge in [0.2, 0.25) is 5.43 Å². The summed E-state index contributed by atoms with van der Waals surface area (Å²) < 4.78 is 5.49. The van der Waals surface area contributed by atoms with Crippen LogP contribution < -0.4 is 10.2 Å². The highest BCUT2D eigenvalue weighted by Crippen LogP contribution is 2.03. The van der Waals surface area contributed by atoms with Crippen molar-refractivity contribution in [3.8, 4) is 5.75 Å². The zero-order valence-corrected chi connectivity index (χ0v) is 9.50. The number of ether oxygens (including phenoxy) is 1. The van der Waals surface area contributed by atoms with Gasteiger partial charge in [-0.2, -0.15) is 0 Å². The van der Waals surface area contributed by atoms with Crippen molar-refractivity contribution in [1.29, 1.82) is 0 Å². The van der Waals surface area contributed by atoms with Crippen LogP contribution in [0.4, 0.5) is 0 Å². The highest BCUT2D eigenvalue weighted by Gasteiger charge is 1.97. The molecule has 0 aromatic heterocycles. The molecule has 0 fully saturated rings. The van der Waals surface area contributed by atoms with Crippen LogP contribution in [0.2, 0.25) is 0 Å². The van der Waals surface area contributed by atoms with Gasteiger partial charge in [-0.3, -0.25) is 4.79 Å². The minimum Gasteiger partial charge on any atom is -0.489 e. The molecule has 0 aliphatic rings. The molecule has 0 N–H and O–H groups in total. The normalized spacial score (nSPS) is 9.88. The van der Waals surface area contributed by atoms with Gasteiger partial charge >= 0.3 is 0 Å². The molecule has 2 rings (SSSR count). The van der Waals surface area contributed by atoms with Gasteiger partial charge < -0.3 is 4.74 Å². The Balaban J connectivity index is 1.95. The second-order valence-electron chi connectivity index (χ2n) is 3.72. The Morgan fingerprint density at radius 1 is 0.824 bits per heavy atom. The van der Waals surface area contributed by atoms with E-state index in [1.165, 1.54) is 11.6 Å². The Kier molecular flexibility index (Phi) is 3.92. The summed E-state index contributed by atoms with van der Waals surface area (Å²) in [7, 11) is 0. The van der Waals surface area contributed by atoms with E-state index in [1.54, 1.807) is 18.2 Å². The van der Waals surface area contributed by atoms with E-state index in [0.29, 0.717) is 12.4 Å². The Morgan fingerprint density at radius 3 is 2.24 bits per heavy atom. The van der Waals surface area contributed by atoms with Crippen molar-refractivity contribution >= 4 is 0 Å². The molecule has 2 nitrogen and oxygen atoms in total. The lowest BCUT2D eigenvalue weighted by Crippen LogP contribution is -2.07. The van der Waals surface area contributed by atoms with E-state index in [-0.39, 0.29) is 5.43 Å². The van der Waals surface area contributed by atoms with Gasteiger partial charge in [-0.05, 0) is 17.7 Å². The molecular formula is C15H14O2. The second-order valence-corrected chi connectivity index (χ2v) is 3.72. The Bertz CT molecular complexity index is 520. The first-order chi connectivity index (χ1) is 8.36. The van der Waals surface area contributed by atoms with Crippen molar-refractivity contribution in [2.45, 2.75) is 6.42 Å². The van der Waals surface area contributed by atoms with E-state index in [9.17, 15) is 4.79 Å². The number of rotatable bonds is 4. The summed E-state index contributed by atoms with van der Waals surface area (Å²) in [6.45, 7) is 0.517. The second kappa shape index (κ2) is 5.85. The van der Waals surface area contributed by atoms with Crippen LogP contribution in [0.5, 0.6) is 5.75 Å². The van der Waals surface area contributed by atoms with Gasteiger partial charge in [0.25, 0.3) is 0 Å². The van der Waals surface area contributed by atoms with Crippen molar-refractivity contribution in [3.63, 3.8) is 0 Å². The lowest BCUT2D eigenvalue weighted by molar-refractivity contribution is 0.319. The SMILES string of the molecule is O=c1cccccc1OCCc1ccccc1. The predicted molar refractivity (Wildman–Crippen MR) is 68.4 cm³/mol. The van der Waals surface area contributed by atoms with Crippen molar-refractivity contribution < 1.29 is 4.74 Å². The number of hydrogen-bond acceptors (Lipinski definition) is 2. The molecule has 0 bridgehead atoms. The minimum absolute atomic E-state index is 0.0805. The first-order valence-electron chi connectivity index (χ1n) is 5.62. The molecular weight excluding hydrogens is 212 g/mol. The molecule has 2 aromatic rings. The molecule has 17 heavy (non-hydrogen) atoms. The van der Waals surface area contributed by atoms with Gasteiger partial charge in [0.05, 0.1) is 6.61 Å². The Labute approximate surface area is 101 Å². The first kappa shape index (κ1) is 11.4. The Morgan fingerprint density at radius 2 is 1.47 bits per heavy atom. The third kappa shape index (κ3) is 3.45. The molecule has 0 spiro atoms. The highest BCUT2D eigenvalue weighted by atomic mass is 16.5. The molecule has 2 heteroatoms. The van der Waals surface area contributed by atoms with Crippen LogP contribution >= 0.6 is 0 Å². The van der Waals surface area contributed by atoms with Crippen LogP contribution in [-0.2, 0) is 6.42 Å². The average Bonchev–Trinajstić information content (AvgIpc) is 2.56. The molecule has 0 radical (unpaired) electrons. The number of benzene rings is 1. The van der Waals surface area contributed by atoms with Crippen molar-refractivity contribution in [2.75, 3.05) is 6.61 Å². The summed E-state index contributed by atoms with van der Waals surface area (Å²) >= 11 is 0. The van der Waals surface area contributed by atoms with E-state index in [4.69, 9.17) is 4.74 Å². The quantitative estimate of drug-likeness (QED) is 0.801. The summed E-state index contributed by atoms with van der Waals surface area (Å²) in [6.07, 6.45) is 0.804. The first-order valence-corrected chi connectivity index (χ1v) is 5.62. The number of hydrogen-bond donors (Lipinski definition) is 0. The van der Waals surface area contributed by atoms with Crippen molar-refractivity contribution in [2.24, 2.45) is 0 Å². The molecule has 0 unspecified atom stereocenters. The molecule has 0 aliphatic carbocycles. The molecule has 0 heterocycles. The summed E-state index contributed by atoms with van der Waals surface area (Å²) in [5.41, 5.74) is 1.13. The largest absolute Gasteiger partial charge is 0.489 e. The maximum Gasteiger partial charge on any atom is 0.220 e. The van der Waals surface area contributed by atoms with Gasteiger partial charge in [0.15, 0.2) is 5.75 Å². The minimum atomic E-state index is -0.0805. The fourth-order valence-electron chi connectivity index (χ4n) is 1.56. The molecule has 0 saturated heterocycles. The summed E-state index contributed by atoms with van der Waals surface area (Å²) in [5, 5.41) is 0. The molecule has 0 amide bonds. The fourth-order valence-corrected chi connectivity index (χ4v) is 1.56. The molecule has 86 valence electrons.